The molecule has 2 heterocycles. The smallest absolute Gasteiger partial charge is 0.132 e. The normalized spacial score (nSPS) is 10.9. The van der Waals surface area contributed by atoms with E-state index < -0.39 is 0 Å². The molecular weight excluding hydrogens is 172 g/mol. The molecule has 2 rings (SSSR count). The predicted molar refractivity (Wildman–Crippen MR) is 50.5 cm³/mol. The van der Waals surface area contributed by atoms with Gasteiger partial charge in [0.15, 0.2) is 0 Å². The molecule has 0 aliphatic rings. The first-order valence-electron chi connectivity index (χ1n) is 3.76. The topological polar surface area (TPSA) is 17.8 Å². The van der Waals surface area contributed by atoms with Gasteiger partial charge in [-0.05, 0) is 24.6 Å². The Bertz CT molecular complexity index is 431. The maximum absolute atomic E-state index is 5.88. The first-order chi connectivity index (χ1) is 5.68. The molecule has 0 fully saturated rings. The van der Waals surface area contributed by atoms with Crippen LogP contribution in [0.3, 0.4) is 0 Å². The number of nitrogens with zero attached hydrogens (tertiary/aromatic N) is 2. The first-order valence-corrected chi connectivity index (χ1v) is 4.14. The summed E-state index contributed by atoms with van der Waals surface area (Å²) in [7, 11) is 2.00. The van der Waals surface area contributed by atoms with Gasteiger partial charge >= 0.3 is 0 Å². The van der Waals surface area contributed by atoms with E-state index in [1.54, 1.807) is 0 Å². The average molecular weight is 181 g/mol. The zero-order valence-electron chi connectivity index (χ0n) is 7.00. The second-order valence-corrected chi connectivity index (χ2v) is 3.29. The summed E-state index contributed by atoms with van der Waals surface area (Å²) in [6.07, 6.45) is 1.98. The lowest BCUT2D eigenvalue weighted by Crippen LogP contribution is -1.87. The van der Waals surface area contributed by atoms with Crippen molar-refractivity contribution in [1.82, 2.24) is 9.55 Å². The number of aryl methyl sites for hydroxylation is 2. The average Bonchev–Trinajstić information content (AvgIpc) is 2.35. The van der Waals surface area contributed by atoms with E-state index in [0.717, 1.165) is 16.6 Å². The van der Waals surface area contributed by atoms with Crippen LogP contribution in [0.2, 0.25) is 5.15 Å². The molecule has 0 bridgehead atoms. The van der Waals surface area contributed by atoms with Crippen LogP contribution in [0.25, 0.3) is 11.0 Å². The van der Waals surface area contributed by atoms with Crippen LogP contribution in [0.5, 0.6) is 0 Å². The van der Waals surface area contributed by atoms with Crippen LogP contribution in [-0.4, -0.2) is 9.55 Å². The van der Waals surface area contributed by atoms with Crippen LogP contribution in [0.15, 0.2) is 18.3 Å². The van der Waals surface area contributed by atoms with E-state index in [1.807, 2.05) is 36.9 Å². The minimum absolute atomic E-state index is 0.591. The van der Waals surface area contributed by atoms with Gasteiger partial charge in [-0.2, -0.15) is 0 Å². The molecule has 2 aromatic rings. The third-order valence-electron chi connectivity index (χ3n) is 2.00. The molecule has 0 saturated heterocycles. The maximum Gasteiger partial charge on any atom is 0.132 e. The SMILES string of the molecule is Cc1cc2c(ccn2C)nc1Cl. The summed E-state index contributed by atoms with van der Waals surface area (Å²) in [5.41, 5.74) is 3.09. The number of rotatable bonds is 0. The molecule has 2 aromatic heterocycles. The molecule has 3 heteroatoms. The quantitative estimate of drug-likeness (QED) is 0.570. The number of hydrogen-bond donors (Lipinski definition) is 0. The Hall–Kier alpha value is -1.02. The van der Waals surface area contributed by atoms with Crippen molar-refractivity contribution in [2.24, 2.45) is 7.05 Å². The summed E-state index contributed by atoms with van der Waals surface area (Å²) in [6, 6.07) is 4.01. The highest BCUT2D eigenvalue weighted by atomic mass is 35.5. The van der Waals surface area contributed by atoms with Crippen LogP contribution in [0.1, 0.15) is 5.56 Å². The van der Waals surface area contributed by atoms with Gasteiger partial charge in [-0.15, -0.1) is 0 Å². The highest BCUT2D eigenvalue weighted by Gasteiger charge is 2.02. The lowest BCUT2D eigenvalue weighted by Gasteiger charge is -1.98. The molecule has 0 N–H and O–H groups in total. The summed E-state index contributed by atoms with van der Waals surface area (Å²) < 4.78 is 2.03. The molecule has 0 aromatic carbocycles. The second kappa shape index (κ2) is 2.49. The van der Waals surface area contributed by atoms with Crippen molar-refractivity contribution in [3.63, 3.8) is 0 Å². The van der Waals surface area contributed by atoms with Crippen molar-refractivity contribution in [3.05, 3.63) is 29.0 Å². The Morgan fingerprint density at radius 1 is 1.50 bits per heavy atom. The Morgan fingerprint density at radius 3 is 3.00 bits per heavy atom. The van der Waals surface area contributed by atoms with E-state index >= 15 is 0 Å². The molecule has 2 nitrogen and oxygen atoms in total. The number of halogens is 1. The van der Waals surface area contributed by atoms with Gasteiger partial charge in [0.1, 0.15) is 5.15 Å². The molecule has 0 saturated carbocycles. The molecule has 0 atom stereocenters. The Balaban J connectivity index is 2.87. The fraction of sp³-hybridized carbons (Fsp3) is 0.222. The van der Waals surface area contributed by atoms with Crippen molar-refractivity contribution in [1.29, 1.82) is 0 Å². The van der Waals surface area contributed by atoms with Crippen LogP contribution in [0.4, 0.5) is 0 Å². The fourth-order valence-electron chi connectivity index (χ4n) is 1.26. The van der Waals surface area contributed by atoms with Crippen LogP contribution in [0, 0.1) is 6.92 Å². The molecule has 0 aliphatic heterocycles. The Morgan fingerprint density at radius 2 is 2.25 bits per heavy atom. The minimum atomic E-state index is 0.591. The molecule has 62 valence electrons. The summed E-state index contributed by atoms with van der Waals surface area (Å²) in [5.74, 6) is 0. The van der Waals surface area contributed by atoms with E-state index in [1.165, 1.54) is 0 Å². The second-order valence-electron chi connectivity index (χ2n) is 2.93. The van der Waals surface area contributed by atoms with Gasteiger partial charge in [0.2, 0.25) is 0 Å². The molecule has 12 heavy (non-hydrogen) atoms. The van der Waals surface area contributed by atoms with Gasteiger partial charge in [-0.25, -0.2) is 4.98 Å². The first kappa shape index (κ1) is 7.62. The van der Waals surface area contributed by atoms with Crippen LogP contribution < -0.4 is 0 Å². The molecular formula is C9H9ClN2. The van der Waals surface area contributed by atoms with Gasteiger partial charge < -0.3 is 4.57 Å². The number of aromatic nitrogens is 2. The maximum atomic E-state index is 5.88. The van der Waals surface area contributed by atoms with Crippen molar-refractivity contribution in [2.75, 3.05) is 0 Å². The van der Waals surface area contributed by atoms with Crippen LogP contribution in [-0.2, 0) is 7.05 Å². The van der Waals surface area contributed by atoms with Gasteiger partial charge in [0, 0.05) is 13.2 Å². The third-order valence-corrected chi connectivity index (χ3v) is 2.38. The van der Waals surface area contributed by atoms with Gasteiger partial charge in [-0.3, -0.25) is 0 Å². The predicted octanol–water partition coefficient (Wildman–Crippen LogP) is 2.54. The Labute approximate surface area is 75.8 Å². The molecule has 0 aliphatic carbocycles. The monoisotopic (exact) mass is 180 g/mol. The van der Waals surface area contributed by atoms with Crippen molar-refractivity contribution < 1.29 is 0 Å². The summed E-state index contributed by atoms with van der Waals surface area (Å²) in [6.45, 7) is 1.96. The lowest BCUT2D eigenvalue weighted by molar-refractivity contribution is 0.967. The largest absolute Gasteiger partial charge is 0.349 e. The molecule has 0 radical (unpaired) electrons. The van der Waals surface area contributed by atoms with Crippen molar-refractivity contribution in [3.8, 4) is 0 Å². The highest BCUT2D eigenvalue weighted by molar-refractivity contribution is 6.30. The van der Waals surface area contributed by atoms with E-state index in [-0.39, 0.29) is 0 Å². The lowest BCUT2D eigenvalue weighted by atomic mass is 10.3. The highest BCUT2D eigenvalue weighted by Crippen LogP contribution is 2.19. The van der Waals surface area contributed by atoms with E-state index in [4.69, 9.17) is 11.6 Å². The zero-order valence-corrected chi connectivity index (χ0v) is 7.76. The van der Waals surface area contributed by atoms with Gasteiger partial charge in [0.25, 0.3) is 0 Å². The Kier molecular flexibility index (Phi) is 1.58. The number of hydrogen-bond acceptors (Lipinski definition) is 1. The van der Waals surface area contributed by atoms with Crippen molar-refractivity contribution >= 4 is 22.6 Å². The van der Waals surface area contributed by atoms with E-state index in [2.05, 4.69) is 4.98 Å². The number of pyridine rings is 1. The molecule has 0 amide bonds. The number of fused-ring (bicyclic) bond motifs is 1. The van der Waals surface area contributed by atoms with Gasteiger partial charge in [0.05, 0.1) is 11.0 Å². The summed E-state index contributed by atoms with van der Waals surface area (Å²) >= 11 is 5.88. The van der Waals surface area contributed by atoms with Gasteiger partial charge in [-0.1, -0.05) is 11.6 Å². The zero-order chi connectivity index (χ0) is 8.72. The molecule has 0 unspecified atom stereocenters. The van der Waals surface area contributed by atoms with Crippen molar-refractivity contribution in [2.45, 2.75) is 6.92 Å². The van der Waals surface area contributed by atoms with E-state index in [0.29, 0.717) is 5.15 Å². The van der Waals surface area contributed by atoms with E-state index in [9.17, 15) is 0 Å². The minimum Gasteiger partial charge on any atom is -0.349 e. The summed E-state index contributed by atoms with van der Waals surface area (Å²) in [5, 5.41) is 0.591. The molecule has 0 spiro atoms. The standard InChI is InChI=1S/C9H9ClN2/c1-6-5-8-7(11-9(6)10)3-4-12(8)2/h3-5H,1-2H3. The third kappa shape index (κ3) is 0.994. The summed E-state index contributed by atoms with van der Waals surface area (Å²) in [4.78, 5) is 4.24. The fourth-order valence-corrected chi connectivity index (χ4v) is 1.40. The van der Waals surface area contributed by atoms with Crippen LogP contribution >= 0.6 is 11.6 Å².